The van der Waals surface area contributed by atoms with Crippen LogP contribution in [0.25, 0.3) is 0 Å². The predicted octanol–water partition coefficient (Wildman–Crippen LogP) is 4.72. The van der Waals surface area contributed by atoms with Crippen molar-refractivity contribution in [1.29, 1.82) is 0 Å². The summed E-state index contributed by atoms with van der Waals surface area (Å²) in [6.45, 7) is 14.8. The van der Waals surface area contributed by atoms with Gasteiger partial charge in [0.2, 0.25) is 0 Å². The molecule has 1 unspecified atom stereocenters. The first-order valence-corrected chi connectivity index (χ1v) is 11.8. The second kappa shape index (κ2) is 7.63. The Morgan fingerprint density at radius 1 is 1.09 bits per heavy atom. The van der Waals surface area contributed by atoms with Crippen molar-refractivity contribution in [1.82, 2.24) is 0 Å². The van der Waals surface area contributed by atoms with Crippen molar-refractivity contribution in [2.75, 3.05) is 0 Å². The molecule has 0 radical (unpaired) electrons. The molecule has 0 saturated heterocycles. The molecule has 0 amide bonds. The molecule has 2 N–H and O–H groups in total. The molecular formula is C20H32O2Si. The van der Waals surface area contributed by atoms with Crippen molar-refractivity contribution < 1.29 is 10.2 Å². The third kappa shape index (κ3) is 5.78. The molecule has 3 atom stereocenters. The van der Waals surface area contributed by atoms with Gasteiger partial charge in [-0.1, -0.05) is 77.7 Å². The van der Waals surface area contributed by atoms with E-state index in [1.54, 1.807) is 0 Å². The van der Waals surface area contributed by atoms with Gasteiger partial charge in [0.25, 0.3) is 0 Å². The minimum atomic E-state index is -1.70. The monoisotopic (exact) mass is 332 g/mol. The SMILES string of the molecule is C[C@@H](C=C=C([C@H](O)C(C)(C)C)[Si](C)(C)C)C(O)c1ccccc1. The molecule has 0 spiro atoms. The van der Waals surface area contributed by atoms with Crippen LogP contribution in [0, 0.1) is 11.3 Å². The molecule has 2 nitrogen and oxygen atoms in total. The van der Waals surface area contributed by atoms with Crippen molar-refractivity contribution in [3.05, 3.63) is 52.9 Å². The van der Waals surface area contributed by atoms with Gasteiger partial charge in [0, 0.05) is 5.92 Å². The largest absolute Gasteiger partial charge is 0.388 e. The molecule has 0 aromatic heterocycles. The summed E-state index contributed by atoms with van der Waals surface area (Å²) in [5.74, 6) is -0.0593. The summed E-state index contributed by atoms with van der Waals surface area (Å²) in [5, 5.41) is 22.2. The van der Waals surface area contributed by atoms with Crippen molar-refractivity contribution in [3.63, 3.8) is 0 Å². The molecule has 0 aliphatic rings. The van der Waals surface area contributed by atoms with Gasteiger partial charge in [-0.05, 0) is 22.3 Å². The minimum Gasteiger partial charge on any atom is -0.388 e. The Hall–Kier alpha value is -1.12. The minimum absolute atomic E-state index is 0.0593. The molecule has 23 heavy (non-hydrogen) atoms. The maximum atomic E-state index is 10.7. The number of hydrogen-bond acceptors (Lipinski definition) is 2. The third-order valence-corrected chi connectivity index (χ3v) is 6.08. The first-order valence-electron chi connectivity index (χ1n) is 8.33. The standard InChI is InChI=1S/C20H32O2Si/c1-15(18(21)16-11-9-8-10-12-16)13-14-17(23(5,6)7)19(22)20(2,3)4/h8-13,15,18-19,21-22H,1-7H3/t14?,15-,18?,19-/m0/s1. The van der Waals surface area contributed by atoms with E-state index in [0.717, 1.165) is 10.8 Å². The molecule has 0 bridgehead atoms. The van der Waals surface area contributed by atoms with Gasteiger partial charge in [-0.15, -0.1) is 5.73 Å². The van der Waals surface area contributed by atoms with Crippen LogP contribution in [-0.4, -0.2) is 24.4 Å². The molecule has 0 heterocycles. The second-order valence-electron chi connectivity index (χ2n) is 8.46. The fourth-order valence-electron chi connectivity index (χ4n) is 2.40. The topological polar surface area (TPSA) is 40.5 Å². The molecule has 0 aliphatic heterocycles. The van der Waals surface area contributed by atoms with Gasteiger partial charge in [-0.2, -0.15) is 0 Å². The van der Waals surface area contributed by atoms with Gasteiger partial charge >= 0.3 is 0 Å². The fraction of sp³-hybridized carbons (Fsp3) is 0.550. The second-order valence-corrected chi connectivity index (χ2v) is 13.5. The zero-order valence-electron chi connectivity index (χ0n) is 15.6. The Labute approximate surface area is 142 Å². The average Bonchev–Trinajstić information content (AvgIpc) is 2.44. The normalized spacial score (nSPS) is 16.2. The lowest BCUT2D eigenvalue weighted by Gasteiger charge is -2.33. The van der Waals surface area contributed by atoms with Crippen LogP contribution in [0.4, 0.5) is 0 Å². The molecular weight excluding hydrogens is 300 g/mol. The lowest BCUT2D eigenvalue weighted by atomic mass is 9.88. The highest BCUT2D eigenvalue weighted by Crippen LogP contribution is 2.30. The van der Waals surface area contributed by atoms with Crippen LogP contribution in [-0.2, 0) is 0 Å². The van der Waals surface area contributed by atoms with Crippen molar-refractivity contribution >= 4 is 8.07 Å². The zero-order chi connectivity index (χ0) is 17.8. The maximum Gasteiger partial charge on any atom is 0.0857 e. The first kappa shape index (κ1) is 19.9. The summed E-state index contributed by atoms with van der Waals surface area (Å²) < 4.78 is 0. The first-order chi connectivity index (χ1) is 10.4. The number of hydrogen-bond donors (Lipinski definition) is 2. The van der Waals surface area contributed by atoms with E-state index in [-0.39, 0.29) is 11.3 Å². The summed E-state index contributed by atoms with van der Waals surface area (Å²) in [6.07, 6.45) is 0.852. The number of benzene rings is 1. The maximum absolute atomic E-state index is 10.7. The summed E-state index contributed by atoms with van der Waals surface area (Å²) in [6, 6.07) is 9.67. The van der Waals surface area contributed by atoms with Crippen LogP contribution in [0.2, 0.25) is 19.6 Å². The molecule has 1 rings (SSSR count). The van der Waals surface area contributed by atoms with E-state index in [1.807, 2.05) is 64.1 Å². The van der Waals surface area contributed by atoms with Crippen LogP contribution < -0.4 is 0 Å². The van der Waals surface area contributed by atoms with Gasteiger partial charge in [-0.3, -0.25) is 0 Å². The van der Waals surface area contributed by atoms with E-state index in [2.05, 4.69) is 25.4 Å². The van der Waals surface area contributed by atoms with Gasteiger partial charge < -0.3 is 10.2 Å². The zero-order valence-corrected chi connectivity index (χ0v) is 16.6. The van der Waals surface area contributed by atoms with Crippen LogP contribution in [0.5, 0.6) is 0 Å². The molecule has 0 fully saturated rings. The Kier molecular flexibility index (Phi) is 6.61. The Morgan fingerprint density at radius 3 is 2.04 bits per heavy atom. The molecule has 3 heteroatoms. The highest BCUT2D eigenvalue weighted by Gasteiger charge is 2.33. The number of aliphatic hydroxyl groups excluding tert-OH is 2. The fourth-order valence-corrected chi connectivity index (χ4v) is 4.17. The Bertz CT molecular complexity index is 558. The van der Waals surface area contributed by atoms with Gasteiger partial charge in [0.15, 0.2) is 0 Å². The molecule has 1 aromatic carbocycles. The summed E-state index contributed by atoms with van der Waals surface area (Å²) >= 11 is 0. The summed E-state index contributed by atoms with van der Waals surface area (Å²) in [4.78, 5) is 0. The Morgan fingerprint density at radius 2 is 1.61 bits per heavy atom. The smallest absolute Gasteiger partial charge is 0.0857 e. The Balaban J connectivity index is 3.13. The summed E-state index contributed by atoms with van der Waals surface area (Å²) in [7, 11) is -1.70. The van der Waals surface area contributed by atoms with Crippen LogP contribution in [0.15, 0.2) is 47.3 Å². The number of aliphatic hydroxyl groups is 2. The van der Waals surface area contributed by atoms with Crippen LogP contribution in [0.3, 0.4) is 0 Å². The highest BCUT2D eigenvalue weighted by molar-refractivity contribution is 6.83. The molecule has 128 valence electrons. The third-order valence-electron chi connectivity index (χ3n) is 4.04. The van der Waals surface area contributed by atoms with Gasteiger partial charge in [-0.25, -0.2) is 0 Å². The predicted molar refractivity (Wildman–Crippen MR) is 101 cm³/mol. The lowest BCUT2D eigenvalue weighted by molar-refractivity contribution is 0.100. The van der Waals surface area contributed by atoms with E-state index < -0.39 is 20.3 Å². The van der Waals surface area contributed by atoms with E-state index in [1.165, 1.54) is 0 Å². The van der Waals surface area contributed by atoms with Crippen molar-refractivity contribution in [2.24, 2.45) is 11.3 Å². The highest BCUT2D eigenvalue weighted by atomic mass is 28.3. The van der Waals surface area contributed by atoms with Crippen LogP contribution in [0.1, 0.15) is 39.4 Å². The molecule has 0 aliphatic carbocycles. The summed E-state index contributed by atoms with van der Waals surface area (Å²) in [5.41, 5.74) is 4.06. The number of rotatable bonds is 5. The van der Waals surface area contributed by atoms with Crippen LogP contribution >= 0.6 is 0 Å². The molecule has 0 saturated carbocycles. The van der Waals surface area contributed by atoms with E-state index in [4.69, 9.17) is 0 Å². The van der Waals surface area contributed by atoms with Crippen molar-refractivity contribution in [3.8, 4) is 0 Å². The average molecular weight is 333 g/mol. The van der Waals surface area contributed by atoms with Gasteiger partial charge in [0.1, 0.15) is 0 Å². The van der Waals surface area contributed by atoms with E-state index >= 15 is 0 Å². The lowest BCUT2D eigenvalue weighted by Crippen LogP contribution is -2.39. The van der Waals surface area contributed by atoms with E-state index in [0.29, 0.717) is 0 Å². The quantitative estimate of drug-likeness (QED) is 0.605. The molecule has 1 aromatic rings. The van der Waals surface area contributed by atoms with Gasteiger partial charge in [0.05, 0.1) is 20.3 Å². The van der Waals surface area contributed by atoms with Crippen molar-refractivity contribution in [2.45, 2.75) is 59.5 Å². The van der Waals surface area contributed by atoms with E-state index in [9.17, 15) is 10.2 Å².